The average Bonchev–Trinajstić information content (AvgIpc) is 2.12. The number of hydrogen-bond acceptors (Lipinski definition) is 1. The van der Waals surface area contributed by atoms with E-state index in [0.717, 1.165) is 17.6 Å². The first-order valence-corrected chi connectivity index (χ1v) is 5.17. The van der Waals surface area contributed by atoms with Gasteiger partial charge in [0.25, 0.3) is 0 Å². The van der Waals surface area contributed by atoms with Crippen LogP contribution < -0.4 is 0 Å². The first-order valence-electron chi connectivity index (χ1n) is 4.42. The third-order valence-electron chi connectivity index (χ3n) is 1.91. The molecule has 0 saturated heterocycles. The van der Waals surface area contributed by atoms with E-state index in [-0.39, 0.29) is 6.61 Å². The minimum atomic E-state index is 0.0701. The van der Waals surface area contributed by atoms with Crippen LogP contribution in [0.1, 0.15) is 18.9 Å². The molecule has 0 bridgehead atoms. The number of benzene rings is 1. The summed E-state index contributed by atoms with van der Waals surface area (Å²) in [5.74, 6) is 0. The van der Waals surface area contributed by atoms with Gasteiger partial charge in [0.05, 0.1) is 6.61 Å². The molecule has 0 aliphatic rings. The van der Waals surface area contributed by atoms with Gasteiger partial charge in [-0.25, -0.2) is 0 Å². The molecule has 1 nitrogen and oxygen atoms in total. The van der Waals surface area contributed by atoms with Gasteiger partial charge in [-0.1, -0.05) is 36.2 Å². The van der Waals surface area contributed by atoms with Crippen LogP contribution in [0.15, 0.2) is 23.8 Å². The summed E-state index contributed by atoms with van der Waals surface area (Å²) in [6.07, 6.45) is 2.72. The van der Waals surface area contributed by atoms with Crippen molar-refractivity contribution in [3.05, 3.63) is 39.4 Å². The fourth-order valence-corrected chi connectivity index (χ4v) is 1.70. The van der Waals surface area contributed by atoms with Gasteiger partial charge in [-0.15, -0.1) is 0 Å². The predicted molar refractivity (Wildman–Crippen MR) is 61.8 cm³/mol. The van der Waals surface area contributed by atoms with E-state index in [1.165, 1.54) is 0 Å². The van der Waals surface area contributed by atoms with Crippen molar-refractivity contribution in [2.24, 2.45) is 0 Å². The van der Waals surface area contributed by atoms with E-state index in [0.29, 0.717) is 10.0 Å². The van der Waals surface area contributed by atoms with E-state index < -0.39 is 0 Å². The molecular formula is C11H12Cl2O. The fraction of sp³-hybridized carbons (Fsp3) is 0.273. The highest BCUT2D eigenvalue weighted by Gasteiger charge is 1.97. The molecular weight excluding hydrogens is 219 g/mol. The molecule has 1 N–H and O–H groups in total. The molecule has 0 aliphatic heterocycles. The molecule has 3 heteroatoms. The summed E-state index contributed by atoms with van der Waals surface area (Å²) >= 11 is 11.7. The van der Waals surface area contributed by atoms with Gasteiger partial charge in [0, 0.05) is 10.0 Å². The van der Waals surface area contributed by atoms with Crippen molar-refractivity contribution in [2.75, 3.05) is 6.61 Å². The van der Waals surface area contributed by atoms with Crippen LogP contribution in [-0.4, -0.2) is 11.7 Å². The number of hydrogen-bond donors (Lipinski definition) is 1. The van der Waals surface area contributed by atoms with Crippen LogP contribution in [0.25, 0.3) is 6.08 Å². The minimum Gasteiger partial charge on any atom is -0.392 e. The third-order valence-corrected chi connectivity index (χ3v) is 2.35. The lowest BCUT2D eigenvalue weighted by molar-refractivity contribution is 0.329. The van der Waals surface area contributed by atoms with Crippen LogP contribution in [0.3, 0.4) is 0 Å². The van der Waals surface area contributed by atoms with Crippen LogP contribution in [-0.2, 0) is 0 Å². The Bertz CT molecular complexity index is 319. The molecule has 0 atom stereocenters. The number of rotatable bonds is 3. The number of halogens is 2. The molecule has 0 unspecified atom stereocenters. The van der Waals surface area contributed by atoms with E-state index in [2.05, 4.69) is 0 Å². The summed E-state index contributed by atoms with van der Waals surface area (Å²) in [4.78, 5) is 0. The van der Waals surface area contributed by atoms with Crippen molar-refractivity contribution in [1.29, 1.82) is 0 Å². The summed E-state index contributed by atoms with van der Waals surface area (Å²) in [6, 6.07) is 5.32. The van der Waals surface area contributed by atoms with E-state index in [4.69, 9.17) is 28.3 Å². The summed E-state index contributed by atoms with van der Waals surface area (Å²) in [5.41, 5.74) is 1.89. The van der Waals surface area contributed by atoms with Crippen molar-refractivity contribution in [2.45, 2.75) is 13.3 Å². The molecule has 1 rings (SSSR count). The maximum atomic E-state index is 8.99. The number of aliphatic hydroxyl groups excluding tert-OH is 1. The third kappa shape index (κ3) is 3.33. The maximum absolute atomic E-state index is 8.99. The second kappa shape index (κ2) is 5.40. The molecule has 0 aliphatic carbocycles. The molecule has 1 aromatic carbocycles. The van der Waals surface area contributed by atoms with Gasteiger partial charge in [-0.3, -0.25) is 0 Å². The maximum Gasteiger partial charge on any atom is 0.0644 e. The molecule has 0 spiro atoms. The lowest BCUT2D eigenvalue weighted by atomic mass is 10.1. The SMILES string of the molecule is CCC(=Cc1cc(Cl)cc(Cl)c1)CO. The normalized spacial score (nSPS) is 11.9. The Labute approximate surface area is 94.0 Å². The molecule has 0 heterocycles. The van der Waals surface area contributed by atoms with Gasteiger partial charge >= 0.3 is 0 Å². The molecule has 0 saturated carbocycles. The molecule has 76 valence electrons. The van der Waals surface area contributed by atoms with E-state index >= 15 is 0 Å². The molecule has 0 amide bonds. The van der Waals surface area contributed by atoms with Gasteiger partial charge in [-0.05, 0) is 35.8 Å². The molecule has 0 radical (unpaired) electrons. The highest BCUT2D eigenvalue weighted by molar-refractivity contribution is 6.34. The zero-order valence-corrected chi connectivity index (χ0v) is 9.44. The zero-order chi connectivity index (χ0) is 10.6. The largest absolute Gasteiger partial charge is 0.392 e. The average molecular weight is 231 g/mol. The van der Waals surface area contributed by atoms with Gasteiger partial charge in [0.1, 0.15) is 0 Å². The fourth-order valence-electron chi connectivity index (χ4n) is 1.15. The first-order chi connectivity index (χ1) is 6.65. The van der Waals surface area contributed by atoms with Crippen LogP contribution >= 0.6 is 23.2 Å². The van der Waals surface area contributed by atoms with Crippen molar-refractivity contribution in [3.8, 4) is 0 Å². The Balaban J connectivity index is 3.01. The topological polar surface area (TPSA) is 20.2 Å². The standard InChI is InChI=1S/C11H12Cl2O/c1-2-8(7-14)3-9-4-10(12)6-11(13)5-9/h3-6,14H,2,7H2,1H3. The Kier molecular flexibility index (Phi) is 4.46. The van der Waals surface area contributed by atoms with E-state index in [9.17, 15) is 0 Å². The monoisotopic (exact) mass is 230 g/mol. The van der Waals surface area contributed by atoms with Crippen LogP contribution in [0.4, 0.5) is 0 Å². The van der Waals surface area contributed by atoms with Crippen molar-refractivity contribution < 1.29 is 5.11 Å². The lowest BCUT2D eigenvalue weighted by Gasteiger charge is -2.01. The predicted octanol–water partition coefficient (Wildman–Crippen LogP) is 3.78. The minimum absolute atomic E-state index is 0.0701. The summed E-state index contributed by atoms with van der Waals surface area (Å²) in [5, 5.41) is 10.2. The van der Waals surface area contributed by atoms with E-state index in [1.807, 2.05) is 25.1 Å². The van der Waals surface area contributed by atoms with Gasteiger partial charge in [0.2, 0.25) is 0 Å². The van der Waals surface area contributed by atoms with Crippen molar-refractivity contribution in [1.82, 2.24) is 0 Å². The lowest BCUT2D eigenvalue weighted by Crippen LogP contribution is -1.87. The summed E-state index contributed by atoms with van der Waals surface area (Å²) in [6.45, 7) is 2.06. The Morgan fingerprint density at radius 1 is 1.29 bits per heavy atom. The first kappa shape index (κ1) is 11.6. The van der Waals surface area contributed by atoms with Crippen LogP contribution in [0.5, 0.6) is 0 Å². The molecule has 0 fully saturated rings. The van der Waals surface area contributed by atoms with E-state index in [1.54, 1.807) is 6.07 Å². The van der Waals surface area contributed by atoms with Crippen LogP contribution in [0.2, 0.25) is 10.0 Å². The molecule has 0 aromatic heterocycles. The van der Waals surface area contributed by atoms with Crippen molar-refractivity contribution in [3.63, 3.8) is 0 Å². The highest BCUT2D eigenvalue weighted by Crippen LogP contribution is 2.21. The van der Waals surface area contributed by atoms with Crippen molar-refractivity contribution >= 4 is 29.3 Å². The number of aliphatic hydroxyl groups is 1. The Morgan fingerprint density at radius 3 is 2.29 bits per heavy atom. The summed E-state index contributed by atoms with van der Waals surface area (Å²) < 4.78 is 0. The second-order valence-corrected chi connectivity index (χ2v) is 3.89. The second-order valence-electron chi connectivity index (χ2n) is 3.02. The zero-order valence-electron chi connectivity index (χ0n) is 7.93. The smallest absolute Gasteiger partial charge is 0.0644 e. The van der Waals surface area contributed by atoms with Gasteiger partial charge in [-0.2, -0.15) is 0 Å². The van der Waals surface area contributed by atoms with Gasteiger partial charge in [0.15, 0.2) is 0 Å². The van der Waals surface area contributed by atoms with Gasteiger partial charge < -0.3 is 5.11 Å². The van der Waals surface area contributed by atoms with Crippen LogP contribution in [0, 0.1) is 0 Å². The molecule has 14 heavy (non-hydrogen) atoms. The molecule has 1 aromatic rings. The Hall–Kier alpha value is -0.500. The Morgan fingerprint density at radius 2 is 1.86 bits per heavy atom. The summed E-state index contributed by atoms with van der Waals surface area (Å²) in [7, 11) is 0. The highest BCUT2D eigenvalue weighted by atomic mass is 35.5. The quantitative estimate of drug-likeness (QED) is 0.839.